The number of imidazole rings is 1. The van der Waals surface area contributed by atoms with Crippen LogP contribution in [0.25, 0.3) is 0 Å². The molecule has 0 radical (unpaired) electrons. The van der Waals surface area contributed by atoms with E-state index in [2.05, 4.69) is 10.3 Å². The molecule has 0 aliphatic carbocycles. The van der Waals surface area contributed by atoms with Crippen LogP contribution in [-0.4, -0.2) is 27.6 Å². The fourth-order valence-electron chi connectivity index (χ4n) is 1.98. The zero-order valence-electron chi connectivity index (χ0n) is 11.5. The molecule has 1 N–H and O–H groups in total. The molecule has 0 bridgehead atoms. The molecule has 6 heteroatoms. The van der Waals surface area contributed by atoms with Gasteiger partial charge < -0.3 is 9.88 Å². The first-order valence-corrected chi connectivity index (χ1v) is 6.57. The summed E-state index contributed by atoms with van der Waals surface area (Å²) in [5, 5.41) is 13.9. The van der Waals surface area contributed by atoms with Gasteiger partial charge in [0.25, 0.3) is 5.69 Å². The molecular formula is C14H18N4O2. The quantitative estimate of drug-likeness (QED) is 0.474. The Morgan fingerprint density at radius 3 is 2.55 bits per heavy atom. The normalized spacial score (nSPS) is 10.7. The van der Waals surface area contributed by atoms with Crippen molar-refractivity contribution in [1.29, 1.82) is 0 Å². The molecule has 1 aromatic carbocycles. The second-order valence-electron chi connectivity index (χ2n) is 4.63. The van der Waals surface area contributed by atoms with E-state index in [9.17, 15) is 10.1 Å². The Bertz CT molecular complexity index is 563. The lowest BCUT2D eigenvalue weighted by Gasteiger charge is -2.05. The van der Waals surface area contributed by atoms with E-state index in [0.717, 1.165) is 37.3 Å². The van der Waals surface area contributed by atoms with Crippen molar-refractivity contribution in [2.24, 2.45) is 7.05 Å². The van der Waals surface area contributed by atoms with Crippen LogP contribution >= 0.6 is 0 Å². The van der Waals surface area contributed by atoms with Crippen molar-refractivity contribution in [3.05, 3.63) is 58.2 Å². The number of non-ortho nitro benzene ring substituents is 1. The van der Waals surface area contributed by atoms with Gasteiger partial charge in [-0.05, 0) is 18.5 Å². The standard InChI is InChI=1S/C14H18N4O2/c1-17-11-10-16-14(17)7-9-15-8-6-12-2-4-13(5-3-12)18(19)20/h2-5,10-11,15H,6-9H2,1H3. The molecule has 0 fully saturated rings. The van der Waals surface area contributed by atoms with Crippen molar-refractivity contribution in [3.8, 4) is 0 Å². The van der Waals surface area contributed by atoms with E-state index >= 15 is 0 Å². The average Bonchev–Trinajstić information content (AvgIpc) is 2.84. The Morgan fingerprint density at radius 1 is 1.25 bits per heavy atom. The summed E-state index contributed by atoms with van der Waals surface area (Å²) >= 11 is 0. The van der Waals surface area contributed by atoms with Crippen LogP contribution in [0.4, 0.5) is 5.69 Å². The summed E-state index contributed by atoms with van der Waals surface area (Å²) in [5.41, 5.74) is 1.23. The Morgan fingerprint density at radius 2 is 1.95 bits per heavy atom. The minimum absolute atomic E-state index is 0.136. The molecule has 1 heterocycles. The van der Waals surface area contributed by atoms with Crippen molar-refractivity contribution in [3.63, 3.8) is 0 Å². The lowest BCUT2D eigenvalue weighted by atomic mass is 10.1. The fraction of sp³-hybridized carbons (Fsp3) is 0.357. The predicted molar refractivity (Wildman–Crippen MR) is 76.6 cm³/mol. The first-order valence-electron chi connectivity index (χ1n) is 6.57. The number of nitro benzene ring substituents is 1. The van der Waals surface area contributed by atoms with Gasteiger partial charge in [-0.25, -0.2) is 4.98 Å². The van der Waals surface area contributed by atoms with E-state index in [1.54, 1.807) is 30.5 Å². The number of nitro groups is 1. The lowest BCUT2D eigenvalue weighted by molar-refractivity contribution is -0.384. The second-order valence-corrected chi connectivity index (χ2v) is 4.63. The van der Waals surface area contributed by atoms with Gasteiger partial charge in [0.1, 0.15) is 5.82 Å². The third-order valence-electron chi connectivity index (χ3n) is 3.18. The zero-order valence-corrected chi connectivity index (χ0v) is 11.5. The fourth-order valence-corrected chi connectivity index (χ4v) is 1.98. The third-order valence-corrected chi connectivity index (χ3v) is 3.18. The maximum absolute atomic E-state index is 10.5. The Hall–Kier alpha value is -2.21. The SMILES string of the molecule is Cn1ccnc1CCNCCc1ccc([N+](=O)[O-])cc1. The highest BCUT2D eigenvalue weighted by Gasteiger charge is 2.03. The molecule has 0 amide bonds. The molecule has 0 saturated carbocycles. The van der Waals surface area contributed by atoms with Gasteiger partial charge in [-0.1, -0.05) is 12.1 Å². The minimum atomic E-state index is -0.380. The minimum Gasteiger partial charge on any atom is -0.338 e. The molecule has 0 unspecified atom stereocenters. The van der Waals surface area contributed by atoms with Crippen molar-refractivity contribution in [2.45, 2.75) is 12.8 Å². The highest BCUT2D eigenvalue weighted by atomic mass is 16.6. The molecule has 0 atom stereocenters. The van der Waals surface area contributed by atoms with Crippen LogP contribution in [0.3, 0.4) is 0 Å². The number of aromatic nitrogens is 2. The molecule has 0 aliphatic heterocycles. The largest absolute Gasteiger partial charge is 0.338 e. The van der Waals surface area contributed by atoms with Crippen LogP contribution in [0.1, 0.15) is 11.4 Å². The predicted octanol–water partition coefficient (Wildman–Crippen LogP) is 1.70. The van der Waals surface area contributed by atoms with Gasteiger partial charge in [0.15, 0.2) is 0 Å². The van der Waals surface area contributed by atoms with Crippen LogP contribution in [0, 0.1) is 10.1 Å². The van der Waals surface area contributed by atoms with Gasteiger partial charge >= 0.3 is 0 Å². The lowest BCUT2D eigenvalue weighted by Crippen LogP contribution is -2.21. The Labute approximate surface area is 117 Å². The number of nitrogens with zero attached hydrogens (tertiary/aromatic N) is 3. The first-order chi connectivity index (χ1) is 9.66. The van der Waals surface area contributed by atoms with E-state index in [4.69, 9.17) is 0 Å². The smallest absolute Gasteiger partial charge is 0.269 e. The Balaban J connectivity index is 1.68. The van der Waals surface area contributed by atoms with E-state index in [1.807, 2.05) is 17.8 Å². The van der Waals surface area contributed by atoms with Gasteiger partial charge in [0, 0.05) is 44.5 Å². The molecule has 6 nitrogen and oxygen atoms in total. The molecule has 2 aromatic rings. The monoisotopic (exact) mass is 274 g/mol. The summed E-state index contributed by atoms with van der Waals surface area (Å²) in [4.78, 5) is 14.4. The summed E-state index contributed by atoms with van der Waals surface area (Å²) in [5.74, 6) is 1.06. The highest BCUT2D eigenvalue weighted by molar-refractivity contribution is 5.32. The maximum Gasteiger partial charge on any atom is 0.269 e. The van der Waals surface area contributed by atoms with Crippen LogP contribution in [-0.2, 0) is 19.9 Å². The van der Waals surface area contributed by atoms with Crippen LogP contribution in [0.5, 0.6) is 0 Å². The van der Waals surface area contributed by atoms with Crippen molar-refractivity contribution in [2.75, 3.05) is 13.1 Å². The topological polar surface area (TPSA) is 73.0 Å². The highest BCUT2D eigenvalue weighted by Crippen LogP contribution is 2.11. The van der Waals surface area contributed by atoms with Gasteiger partial charge in [-0.2, -0.15) is 0 Å². The summed E-state index contributed by atoms with van der Waals surface area (Å²) in [6, 6.07) is 6.70. The molecular weight excluding hydrogens is 256 g/mol. The van der Waals surface area contributed by atoms with Crippen LogP contribution in [0.15, 0.2) is 36.7 Å². The summed E-state index contributed by atoms with van der Waals surface area (Å²) in [7, 11) is 1.99. The average molecular weight is 274 g/mol. The first kappa shape index (κ1) is 14.2. The van der Waals surface area contributed by atoms with Crippen molar-refractivity contribution >= 4 is 5.69 Å². The maximum atomic E-state index is 10.5. The number of rotatable bonds is 7. The van der Waals surface area contributed by atoms with E-state index in [0.29, 0.717) is 0 Å². The molecule has 2 rings (SSSR count). The molecule has 106 valence electrons. The number of nitrogens with one attached hydrogen (secondary N) is 1. The molecule has 0 aliphatic rings. The van der Waals surface area contributed by atoms with Crippen LogP contribution in [0.2, 0.25) is 0 Å². The van der Waals surface area contributed by atoms with Crippen molar-refractivity contribution < 1.29 is 4.92 Å². The molecule has 0 spiro atoms. The van der Waals surface area contributed by atoms with Gasteiger partial charge in [0.05, 0.1) is 4.92 Å². The second kappa shape index (κ2) is 6.81. The number of hydrogen-bond donors (Lipinski definition) is 1. The van der Waals surface area contributed by atoms with Gasteiger partial charge in [0.2, 0.25) is 0 Å². The van der Waals surface area contributed by atoms with E-state index < -0.39 is 0 Å². The summed E-state index contributed by atoms with van der Waals surface area (Å²) in [6.07, 6.45) is 5.49. The summed E-state index contributed by atoms with van der Waals surface area (Å²) in [6.45, 7) is 1.72. The van der Waals surface area contributed by atoms with E-state index in [-0.39, 0.29) is 10.6 Å². The molecule has 20 heavy (non-hydrogen) atoms. The molecule has 1 aromatic heterocycles. The van der Waals surface area contributed by atoms with E-state index in [1.165, 1.54) is 0 Å². The summed E-state index contributed by atoms with van der Waals surface area (Å²) < 4.78 is 2.01. The number of hydrogen-bond acceptors (Lipinski definition) is 4. The molecule has 0 saturated heterocycles. The van der Waals surface area contributed by atoms with Gasteiger partial charge in [-0.3, -0.25) is 10.1 Å². The van der Waals surface area contributed by atoms with Gasteiger partial charge in [-0.15, -0.1) is 0 Å². The third kappa shape index (κ3) is 3.89. The van der Waals surface area contributed by atoms with Crippen molar-refractivity contribution in [1.82, 2.24) is 14.9 Å². The van der Waals surface area contributed by atoms with Crippen LogP contribution < -0.4 is 5.32 Å². The zero-order chi connectivity index (χ0) is 14.4. The Kier molecular flexibility index (Phi) is 4.84. The number of benzene rings is 1. The number of aryl methyl sites for hydroxylation is 1.